The minimum absolute atomic E-state index is 0.399. The maximum absolute atomic E-state index is 3.64. The molecule has 0 spiro atoms. The van der Waals surface area contributed by atoms with Crippen molar-refractivity contribution in [3.8, 4) is 0 Å². The van der Waals surface area contributed by atoms with Crippen LogP contribution >= 0.6 is 0 Å². The van der Waals surface area contributed by atoms with Crippen LogP contribution in [0.25, 0.3) is 0 Å². The van der Waals surface area contributed by atoms with Gasteiger partial charge in [0.2, 0.25) is 0 Å². The van der Waals surface area contributed by atoms with Gasteiger partial charge >= 0.3 is 0 Å². The van der Waals surface area contributed by atoms with Gasteiger partial charge in [-0.3, -0.25) is 0 Å². The highest BCUT2D eigenvalue weighted by Gasteiger charge is 2.12. The van der Waals surface area contributed by atoms with E-state index in [1.54, 1.807) is 0 Å². The second kappa shape index (κ2) is 5.55. The van der Waals surface area contributed by atoms with Crippen LogP contribution in [0.5, 0.6) is 0 Å². The van der Waals surface area contributed by atoms with E-state index in [1.807, 2.05) is 0 Å². The van der Waals surface area contributed by atoms with E-state index in [-0.39, 0.29) is 0 Å². The third-order valence-corrected chi connectivity index (χ3v) is 2.65. The summed E-state index contributed by atoms with van der Waals surface area (Å²) in [5.74, 6) is 0. The van der Waals surface area contributed by atoms with Crippen molar-refractivity contribution >= 4 is 0 Å². The van der Waals surface area contributed by atoms with Gasteiger partial charge in [0.05, 0.1) is 0 Å². The average Bonchev–Trinajstić information content (AvgIpc) is 2.00. The number of rotatable bonds is 2. The lowest BCUT2D eigenvalue weighted by atomic mass is 9.95. The van der Waals surface area contributed by atoms with Crippen LogP contribution in [0.4, 0.5) is 0 Å². The fraction of sp³-hybridized carbons (Fsp3) is 0.846. The summed E-state index contributed by atoms with van der Waals surface area (Å²) in [6.45, 7) is 7.97. The summed E-state index contributed by atoms with van der Waals surface area (Å²) in [6, 6.07) is 0.620. The van der Waals surface area contributed by atoms with E-state index in [0.717, 1.165) is 6.54 Å². The molecule has 0 aromatic heterocycles. The maximum atomic E-state index is 3.64. The minimum atomic E-state index is 0.399. The molecule has 0 bridgehead atoms. The molecule has 0 amide bonds. The van der Waals surface area contributed by atoms with Crippen molar-refractivity contribution in [2.45, 2.75) is 58.9 Å². The molecule has 0 saturated heterocycles. The van der Waals surface area contributed by atoms with Crippen LogP contribution in [-0.2, 0) is 0 Å². The zero-order valence-electron chi connectivity index (χ0n) is 9.97. The van der Waals surface area contributed by atoms with Gasteiger partial charge < -0.3 is 5.32 Å². The fourth-order valence-corrected chi connectivity index (χ4v) is 1.77. The molecule has 1 rings (SSSR count). The molecule has 82 valence electrons. The predicted molar refractivity (Wildman–Crippen MR) is 63.5 cm³/mol. The van der Waals surface area contributed by atoms with E-state index in [9.17, 15) is 0 Å². The van der Waals surface area contributed by atoms with E-state index in [2.05, 4.69) is 38.2 Å². The van der Waals surface area contributed by atoms with Gasteiger partial charge in [-0.05, 0) is 24.7 Å². The summed E-state index contributed by atoms with van der Waals surface area (Å²) >= 11 is 0. The van der Waals surface area contributed by atoms with Gasteiger partial charge in [0.25, 0.3) is 0 Å². The lowest BCUT2D eigenvalue weighted by molar-refractivity contribution is 0.356. The quantitative estimate of drug-likeness (QED) is 0.665. The van der Waals surface area contributed by atoms with Crippen LogP contribution in [0.1, 0.15) is 52.9 Å². The SMILES string of the molecule is CC(C)(C)CNC1/C=C\CCCCC1. The standard InChI is InChI=1S/C13H25N/c1-13(2,3)11-14-12-9-7-5-4-6-8-10-12/h7,9,12,14H,4-6,8,10-11H2,1-3H3/b9-7-. The zero-order valence-corrected chi connectivity index (χ0v) is 9.97. The monoisotopic (exact) mass is 195 g/mol. The summed E-state index contributed by atoms with van der Waals surface area (Å²) in [5, 5.41) is 3.64. The van der Waals surface area contributed by atoms with Gasteiger partial charge in [0.15, 0.2) is 0 Å². The lowest BCUT2D eigenvalue weighted by Gasteiger charge is -2.24. The van der Waals surface area contributed by atoms with Crippen LogP contribution in [0, 0.1) is 5.41 Å². The molecule has 0 saturated carbocycles. The van der Waals surface area contributed by atoms with E-state index in [4.69, 9.17) is 0 Å². The molecule has 0 aromatic rings. The molecular weight excluding hydrogens is 170 g/mol. The first-order chi connectivity index (χ1) is 6.58. The van der Waals surface area contributed by atoms with Crippen LogP contribution in [0.3, 0.4) is 0 Å². The van der Waals surface area contributed by atoms with Crippen molar-refractivity contribution in [2.24, 2.45) is 5.41 Å². The van der Waals surface area contributed by atoms with Crippen molar-refractivity contribution in [3.63, 3.8) is 0 Å². The zero-order chi connectivity index (χ0) is 10.4. The Balaban J connectivity index is 2.30. The Labute approximate surface area is 89.0 Å². The molecule has 1 heteroatoms. The molecule has 0 heterocycles. The smallest absolute Gasteiger partial charge is 0.0250 e. The summed E-state index contributed by atoms with van der Waals surface area (Å²) in [4.78, 5) is 0. The van der Waals surface area contributed by atoms with Crippen molar-refractivity contribution in [1.29, 1.82) is 0 Å². The molecule has 14 heavy (non-hydrogen) atoms. The molecule has 1 aliphatic carbocycles. The second-order valence-electron chi connectivity index (χ2n) is 5.61. The number of nitrogens with one attached hydrogen (secondary N) is 1. The van der Waals surface area contributed by atoms with Gasteiger partial charge in [-0.25, -0.2) is 0 Å². The number of hydrogen-bond acceptors (Lipinski definition) is 1. The van der Waals surface area contributed by atoms with Crippen molar-refractivity contribution in [2.75, 3.05) is 6.54 Å². The molecular formula is C13H25N. The maximum Gasteiger partial charge on any atom is 0.0250 e. The summed E-state index contributed by atoms with van der Waals surface area (Å²) in [5.41, 5.74) is 0.399. The third-order valence-electron chi connectivity index (χ3n) is 2.65. The molecule has 1 aliphatic rings. The number of allylic oxidation sites excluding steroid dienone is 1. The molecule has 1 unspecified atom stereocenters. The second-order valence-corrected chi connectivity index (χ2v) is 5.61. The Morgan fingerprint density at radius 3 is 2.71 bits per heavy atom. The van der Waals surface area contributed by atoms with Crippen LogP contribution < -0.4 is 5.32 Å². The van der Waals surface area contributed by atoms with E-state index in [1.165, 1.54) is 32.1 Å². The van der Waals surface area contributed by atoms with Gasteiger partial charge in [0.1, 0.15) is 0 Å². The van der Waals surface area contributed by atoms with Gasteiger partial charge in [-0.15, -0.1) is 0 Å². The first-order valence-electron chi connectivity index (χ1n) is 5.98. The molecule has 0 aliphatic heterocycles. The topological polar surface area (TPSA) is 12.0 Å². The largest absolute Gasteiger partial charge is 0.310 e. The van der Waals surface area contributed by atoms with Gasteiger partial charge in [-0.2, -0.15) is 0 Å². The van der Waals surface area contributed by atoms with Crippen molar-refractivity contribution in [3.05, 3.63) is 12.2 Å². The van der Waals surface area contributed by atoms with Crippen LogP contribution in [0.2, 0.25) is 0 Å². The molecule has 0 radical (unpaired) electrons. The first kappa shape index (κ1) is 11.8. The van der Waals surface area contributed by atoms with Gasteiger partial charge in [0, 0.05) is 12.6 Å². The molecule has 0 fully saturated rings. The Morgan fingerprint density at radius 2 is 2.00 bits per heavy atom. The minimum Gasteiger partial charge on any atom is -0.310 e. The van der Waals surface area contributed by atoms with Crippen LogP contribution in [0.15, 0.2) is 12.2 Å². The summed E-state index contributed by atoms with van der Waals surface area (Å²) in [7, 11) is 0. The summed E-state index contributed by atoms with van der Waals surface area (Å²) < 4.78 is 0. The Kier molecular flexibility index (Phi) is 4.67. The highest BCUT2D eigenvalue weighted by atomic mass is 14.9. The highest BCUT2D eigenvalue weighted by Crippen LogP contribution is 2.15. The van der Waals surface area contributed by atoms with Crippen molar-refractivity contribution in [1.82, 2.24) is 5.32 Å². The van der Waals surface area contributed by atoms with Gasteiger partial charge in [-0.1, -0.05) is 45.8 Å². The summed E-state index contributed by atoms with van der Waals surface area (Å²) in [6.07, 6.45) is 11.5. The molecule has 1 N–H and O–H groups in total. The number of hydrogen-bond donors (Lipinski definition) is 1. The highest BCUT2D eigenvalue weighted by molar-refractivity contribution is 4.95. The first-order valence-corrected chi connectivity index (χ1v) is 5.98. The van der Waals surface area contributed by atoms with E-state index >= 15 is 0 Å². The predicted octanol–water partition coefficient (Wildman–Crippen LogP) is 3.51. The Morgan fingerprint density at radius 1 is 1.21 bits per heavy atom. The molecule has 1 atom stereocenters. The van der Waals surface area contributed by atoms with E-state index in [0.29, 0.717) is 11.5 Å². The van der Waals surface area contributed by atoms with Crippen LogP contribution in [-0.4, -0.2) is 12.6 Å². The fourth-order valence-electron chi connectivity index (χ4n) is 1.77. The Hall–Kier alpha value is -0.300. The van der Waals surface area contributed by atoms with Crippen molar-refractivity contribution < 1.29 is 0 Å². The molecule has 1 nitrogen and oxygen atoms in total. The third kappa shape index (κ3) is 5.43. The lowest BCUT2D eigenvalue weighted by Crippen LogP contribution is -2.34. The van der Waals surface area contributed by atoms with E-state index < -0.39 is 0 Å². The normalized spacial score (nSPS) is 26.6. The molecule has 0 aromatic carbocycles. The Bertz CT molecular complexity index is 176. The average molecular weight is 195 g/mol.